The second kappa shape index (κ2) is 5.07. The van der Waals surface area contributed by atoms with Gasteiger partial charge in [0.15, 0.2) is 0 Å². The molecule has 0 heterocycles. The van der Waals surface area contributed by atoms with Gasteiger partial charge in [-0.2, -0.15) is 0 Å². The molecule has 0 N–H and O–H groups in total. The van der Waals surface area contributed by atoms with E-state index in [1.54, 1.807) is 0 Å². The topological polar surface area (TPSA) is 0 Å². The third kappa shape index (κ3) is 2.34. The molecule has 1 aliphatic carbocycles. The third-order valence-corrected chi connectivity index (χ3v) is 4.85. The zero-order valence-electron chi connectivity index (χ0n) is 9.94. The van der Waals surface area contributed by atoms with Crippen LogP contribution in [0.4, 0.5) is 0 Å². The highest BCUT2D eigenvalue weighted by atomic mass is 79.9. The van der Waals surface area contributed by atoms with Crippen LogP contribution in [0.5, 0.6) is 0 Å². The van der Waals surface area contributed by atoms with Gasteiger partial charge in [0.25, 0.3) is 0 Å². The summed E-state index contributed by atoms with van der Waals surface area (Å²) in [6.07, 6.45) is 2.21. The highest BCUT2D eigenvalue weighted by Gasteiger charge is 2.31. The number of alkyl halides is 1. The van der Waals surface area contributed by atoms with E-state index in [1.165, 1.54) is 23.1 Å². The summed E-state index contributed by atoms with van der Waals surface area (Å²) >= 11 is 9.86. The Bertz CT molecular complexity index is 565. The van der Waals surface area contributed by atoms with Crippen LogP contribution in [0.3, 0.4) is 0 Å². The van der Waals surface area contributed by atoms with Gasteiger partial charge in [0.1, 0.15) is 0 Å². The molecule has 0 nitrogen and oxygen atoms in total. The van der Waals surface area contributed by atoms with Crippen LogP contribution in [0.1, 0.15) is 22.6 Å². The van der Waals surface area contributed by atoms with Crippen molar-refractivity contribution in [1.82, 2.24) is 0 Å². The molecule has 1 aliphatic rings. The summed E-state index contributed by atoms with van der Waals surface area (Å²) in [4.78, 5) is 0.492. The molecule has 18 heavy (non-hydrogen) atoms. The molecule has 0 spiro atoms. The molecule has 2 heteroatoms. The number of fused-ring (bicyclic) bond motifs is 1. The predicted molar refractivity (Wildman–Crippen MR) is 80.8 cm³/mol. The van der Waals surface area contributed by atoms with Gasteiger partial charge in [-0.05, 0) is 41.7 Å². The van der Waals surface area contributed by atoms with Crippen molar-refractivity contribution in [2.45, 2.75) is 23.6 Å². The Morgan fingerprint density at radius 2 is 2.00 bits per heavy atom. The lowest BCUT2D eigenvalue weighted by atomic mass is 9.75. The maximum absolute atomic E-state index is 6.02. The van der Waals surface area contributed by atoms with Gasteiger partial charge < -0.3 is 0 Å². The molecule has 2 atom stereocenters. The van der Waals surface area contributed by atoms with Crippen LogP contribution in [0.2, 0.25) is 5.02 Å². The van der Waals surface area contributed by atoms with Crippen LogP contribution in [0, 0.1) is 0 Å². The molecule has 2 unspecified atom stereocenters. The number of benzene rings is 2. The van der Waals surface area contributed by atoms with Gasteiger partial charge >= 0.3 is 0 Å². The Morgan fingerprint density at radius 3 is 2.78 bits per heavy atom. The van der Waals surface area contributed by atoms with Gasteiger partial charge in [-0.1, -0.05) is 63.9 Å². The average Bonchev–Trinajstić information content (AvgIpc) is 2.30. The number of halogens is 2. The minimum atomic E-state index is 0.492. The smallest absolute Gasteiger partial charge is 0.0408 e. The molecular formula is C16H14BrCl. The number of hydrogen-bond acceptors (Lipinski definition) is 0. The first-order valence-electron chi connectivity index (χ1n) is 6.20. The van der Waals surface area contributed by atoms with Gasteiger partial charge in [-0.15, -0.1) is 0 Å². The zero-order chi connectivity index (χ0) is 12.5. The van der Waals surface area contributed by atoms with E-state index in [0.29, 0.717) is 10.7 Å². The first-order valence-corrected chi connectivity index (χ1v) is 7.50. The van der Waals surface area contributed by atoms with Crippen LogP contribution < -0.4 is 0 Å². The molecular weight excluding hydrogens is 308 g/mol. The fourth-order valence-electron chi connectivity index (χ4n) is 2.65. The van der Waals surface area contributed by atoms with E-state index in [1.807, 2.05) is 12.1 Å². The van der Waals surface area contributed by atoms with Crippen LogP contribution >= 0.6 is 27.5 Å². The largest absolute Gasteiger partial charge is 0.0880 e. The van der Waals surface area contributed by atoms with Crippen molar-refractivity contribution in [3.63, 3.8) is 0 Å². The van der Waals surface area contributed by atoms with E-state index in [2.05, 4.69) is 52.3 Å². The van der Waals surface area contributed by atoms with Crippen molar-refractivity contribution in [2.75, 3.05) is 0 Å². The summed E-state index contributed by atoms with van der Waals surface area (Å²) in [5.41, 5.74) is 4.30. The first kappa shape index (κ1) is 12.3. The predicted octanol–water partition coefficient (Wildman–Crippen LogP) is 4.99. The molecule has 0 fully saturated rings. The lowest BCUT2D eigenvalue weighted by Crippen LogP contribution is -2.26. The molecule has 0 amide bonds. The fraction of sp³-hybridized carbons (Fsp3) is 0.250. The van der Waals surface area contributed by atoms with Gasteiger partial charge in [-0.3, -0.25) is 0 Å². The van der Waals surface area contributed by atoms with Crippen LogP contribution in [-0.4, -0.2) is 4.83 Å². The molecule has 3 rings (SSSR count). The SMILES string of the molecule is Clc1cccc(CC(Br)C2Cc3ccccc32)c1. The van der Waals surface area contributed by atoms with Crippen molar-refractivity contribution in [3.8, 4) is 0 Å². The van der Waals surface area contributed by atoms with E-state index in [0.717, 1.165) is 11.4 Å². The van der Waals surface area contributed by atoms with Gasteiger partial charge in [0, 0.05) is 15.8 Å². The second-order valence-electron chi connectivity index (χ2n) is 4.86. The highest BCUT2D eigenvalue weighted by Crippen LogP contribution is 2.41. The van der Waals surface area contributed by atoms with Crippen LogP contribution in [0.25, 0.3) is 0 Å². The summed E-state index contributed by atoms with van der Waals surface area (Å²) < 4.78 is 0. The van der Waals surface area contributed by atoms with E-state index >= 15 is 0 Å². The molecule has 0 aromatic heterocycles. The van der Waals surface area contributed by atoms with E-state index in [-0.39, 0.29) is 0 Å². The molecule has 2 aromatic carbocycles. The quantitative estimate of drug-likeness (QED) is 0.699. The second-order valence-corrected chi connectivity index (χ2v) is 6.47. The molecule has 2 aromatic rings. The Labute approximate surface area is 121 Å². The van der Waals surface area contributed by atoms with Crippen LogP contribution in [0.15, 0.2) is 48.5 Å². The Balaban J connectivity index is 1.72. The lowest BCUT2D eigenvalue weighted by Gasteiger charge is -2.34. The lowest BCUT2D eigenvalue weighted by molar-refractivity contribution is 0.581. The monoisotopic (exact) mass is 320 g/mol. The van der Waals surface area contributed by atoms with Crippen LogP contribution in [-0.2, 0) is 12.8 Å². The van der Waals surface area contributed by atoms with E-state index < -0.39 is 0 Å². The van der Waals surface area contributed by atoms with Crippen molar-refractivity contribution >= 4 is 27.5 Å². The molecule has 0 saturated carbocycles. The standard InChI is InChI=1S/C16H14BrCl/c17-16(9-11-4-3-6-13(18)8-11)15-10-12-5-1-2-7-14(12)15/h1-8,15-16H,9-10H2. The Kier molecular flexibility index (Phi) is 3.45. The highest BCUT2D eigenvalue weighted by molar-refractivity contribution is 9.09. The summed E-state index contributed by atoms with van der Waals surface area (Å²) in [6.45, 7) is 0. The van der Waals surface area contributed by atoms with Crippen molar-refractivity contribution in [2.24, 2.45) is 0 Å². The van der Waals surface area contributed by atoms with Crippen molar-refractivity contribution in [3.05, 3.63) is 70.2 Å². The van der Waals surface area contributed by atoms with E-state index in [9.17, 15) is 0 Å². The molecule has 0 saturated heterocycles. The summed E-state index contributed by atoms with van der Waals surface area (Å²) in [7, 11) is 0. The fourth-order valence-corrected chi connectivity index (χ4v) is 3.71. The number of rotatable bonds is 3. The molecule has 0 aliphatic heterocycles. The molecule has 92 valence electrons. The summed E-state index contributed by atoms with van der Waals surface area (Å²) in [5.74, 6) is 0.639. The normalized spacial score (nSPS) is 18.9. The third-order valence-electron chi connectivity index (χ3n) is 3.65. The van der Waals surface area contributed by atoms with Gasteiger partial charge in [-0.25, -0.2) is 0 Å². The Hall–Kier alpha value is -0.790. The maximum Gasteiger partial charge on any atom is 0.0408 e. The average molecular weight is 322 g/mol. The maximum atomic E-state index is 6.02. The minimum Gasteiger partial charge on any atom is -0.0880 e. The van der Waals surface area contributed by atoms with Gasteiger partial charge in [0.05, 0.1) is 0 Å². The summed E-state index contributed by atoms with van der Waals surface area (Å²) in [5, 5.41) is 0.821. The first-order chi connectivity index (χ1) is 8.74. The van der Waals surface area contributed by atoms with E-state index in [4.69, 9.17) is 11.6 Å². The summed E-state index contributed by atoms with van der Waals surface area (Å²) in [6, 6.07) is 16.9. The number of hydrogen-bond donors (Lipinski definition) is 0. The molecule has 0 bridgehead atoms. The van der Waals surface area contributed by atoms with Gasteiger partial charge in [0.2, 0.25) is 0 Å². The van der Waals surface area contributed by atoms with Crippen molar-refractivity contribution in [1.29, 1.82) is 0 Å². The minimum absolute atomic E-state index is 0.492. The van der Waals surface area contributed by atoms with Crippen molar-refractivity contribution < 1.29 is 0 Å². The Morgan fingerprint density at radius 1 is 1.17 bits per heavy atom. The zero-order valence-corrected chi connectivity index (χ0v) is 12.3. The molecule has 0 radical (unpaired) electrons.